The van der Waals surface area contributed by atoms with Gasteiger partial charge in [-0.1, -0.05) is 0 Å². The Bertz CT molecular complexity index is 529. The summed E-state index contributed by atoms with van der Waals surface area (Å²) >= 11 is 0. The lowest BCUT2D eigenvalue weighted by Gasteiger charge is -2.11. The van der Waals surface area contributed by atoms with E-state index in [4.69, 9.17) is 0 Å². The number of aryl methyl sites for hydroxylation is 2. The molecule has 0 radical (unpaired) electrons. The summed E-state index contributed by atoms with van der Waals surface area (Å²) in [6, 6.07) is 3.64. The lowest BCUT2D eigenvalue weighted by molar-refractivity contribution is 0.387. The fraction of sp³-hybridized carbons (Fsp3) is 0.417. The minimum absolute atomic E-state index is 0.319. The van der Waals surface area contributed by atoms with Crippen LogP contribution < -0.4 is 0 Å². The van der Waals surface area contributed by atoms with Gasteiger partial charge in [-0.05, 0) is 33.2 Å². The largest absolute Gasteiger partial charge is 0.508 e. The SMILES string of the molecule is Cc1nc2c(CN(C)C)c(O)ccc2n1C. The van der Waals surface area contributed by atoms with Gasteiger partial charge in [-0.15, -0.1) is 0 Å². The van der Waals surface area contributed by atoms with Crippen LogP contribution >= 0.6 is 0 Å². The molecular formula is C12H17N3O. The number of rotatable bonds is 2. The zero-order valence-corrected chi connectivity index (χ0v) is 10.2. The van der Waals surface area contributed by atoms with E-state index in [1.807, 2.05) is 43.6 Å². The van der Waals surface area contributed by atoms with E-state index in [-0.39, 0.29) is 0 Å². The van der Waals surface area contributed by atoms with E-state index in [1.54, 1.807) is 6.07 Å². The van der Waals surface area contributed by atoms with Crippen molar-refractivity contribution in [3.05, 3.63) is 23.5 Å². The van der Waals surface area contributed by atoms with E-state index in [9.17, 15) is 5.11 Å². The molecule has 0 spiro atoms. The zero-order valence-electron chi connectivity index (χ0n) is 10.2. The average Bonchev–Trinajstić information content (AvgIpc) is 2.48. The molecule has 1 aromatic heterocycles. The van der Waals surface area contributed by atoms with E-state index in [2.05, 4.69) is 4.98 Å². The molecule has 1 heterocycles. The number of imidazole rings is 1. The van der Waals surface area contributed by atoms with Gasteiger partial charge < -0.3 is 14.6 Å². The predicted octanol–water partition coefficient (Wildman–Crippen LogP) is 1.65. The van der Waals surface area contributed by atoms with Crippen LogP contribution in [0.25, 0.3) is 11.0 Å². The van der Waals surface area contributed by atoms with Crippen molar-refractivity contribution < 1.29 is 5.11 Å². The molecular weight excluding hydrogens is 202 g/mol. The Morgan fingerprint density at radius 1 is 1.38 bits per heavy atom. The molecule has 0 fully saturated rings. The third kappa shape index (κ3) is 1.65. The monoisotopic (exact) mass is 219 g/mol. The third-order valence-corrected chi connectivity index (χ3v) is 2.83. The van der Waals surface area contributed by atoms with E-state index in [1.165, 1.54) is 0 Å². The molecule has 4 heteroatoms. The van der Waals surface area contributed by atoms with E-state index in [0.717, 1.165) is 22.4 Å². The molecule has 0 atom stereocenters. The topological polar surface area (TPSA) is 41.3 Å². The molecule has 4 nitrogen and oxygen atoms in total. The minimum atomic E-state index is 0.319. The lowest BCUT2D eigenvalue weighted by atomic mass is 10.1. The minimum Gasteiger partial charge on any atom is -0.508 e. The van der Waals surface area contributed by atoms with Gasteiger partial charge in [0, 0.05) is 19.2 Å². The molecule has 0 aliphatic carbocycles. The molecule has 2 rings (SSSR count). The van der Waals surface area contributed by atoms with Gasteiger partial charge in [0.2, 0.25) is 0 Å². The second kappa shape index (κ2) is 3.79. The summed E-state index contributed by atoms with van der Waals surface area (Å²) < 4.78 is 2.04. The van der Waals surface area contributed by atoms with Crippen molar-refractivity contribution in [3.63, 3.8) is 0 Å². The van der Waals surface area contributed by atoms with Gasteiger partial charge in [-0.2, -0.15) is 0 Å². The number of benzene rings is 1. The van der Waals surface area contributed by atoms with Crippen molar-refractivity contribution in [1.29, 1.82) is 0 Å². The zero-order chi connectivity index (χ0) is 11.9. The Morgan fingerprint density at radius 3 is 2.69 bits per heavy atom. The van der Waals surface area contributed by atoms with Crippen molar-refractivity contribution >= 4 is 11.0 Å². The Kier molecular flexibility index (Phi) is 2.59. The van der Waals surface area contributed by atoms with Gasteiger partial charge in [0.05, 0.1) is 11.0 Å². The van der Waals surface area contributed by atoms with Crippen molar-refractivity contribution in [2.45, 2.75) is 13.5 Å². The quantitative estimate of drug-likeness (QED) is 0.835. The van der Waals surface area contributed by atoms with Crippen LogP contribution in [-0.4, -0.2) is 33.7 Å². The number of hydrogen-bond acceptors (Lipinski definition) is 3. The number of aromatic nitrogens is 2. The fourth-order valence-electron chi connectivity index (χ4n) is 1.89. The standard InChI is InChI=1S/C12H17N3O/c1-8-13-12-9(7-14(2)3)11(16)6-5-10(12)15(8)4/h5-6,16H,7H2,1-4H3. The van der Waals surface area contributed by atoms with Crippen LogP contribution in [0.15, 0.2) is 12.1 Å². The van der Waals surface area contributed by atoms with Crippen molar-refractivity contribution in [1.82, 2.24) is 14.5 Å². The van der Waals surface area contributed by atoms with Gasteiger partial charge >= 0.3 is 0 Å². The molecule has 0 saturated heterocycles. The summed E-state index contributed by atoms with van der Waals surface area (Å²) in [4.78, 5) is 6.53. The molecule has 0 bridgehead atoms. The highest BCUT2D eigenvalue weighted by atomic mass is 16.3. The Labute approximate surface area is 95.1 Å². The van der Waals surface area contributed by atoms with Gasteiger partial charge in [0.25, 0.3) is 0 Å². The fourth-order valence-corrected chi connectivity index (χ4v) is 1.89. The maximum absolute atomic E-state index is 9.88. The first-order chi connectivity index (χ1) is 7.50. The highest BCUT2D eigenvalue weighted by molar-refractivity contribution is 5.82. The van der Waals surface area contributed by atoms with Crippen LogP contribution in [0, 0.1) is 6.92 Å². The second-order valence-electron chi connectivity index (χ2n) is 4.39. The van der Waals surface area contributed by atoms with Crippen LogP contribution in [-0.2, 0) is 13.6 Å². The Balaban J connectivity index is 2.69. The summed E-state index contributed by atoms with van der Waals surface area (Å²) in [5.74, 6) is 1.28. The van der Waals surface area contributed by atoms with Crippen LogP contribution in [0.2, 0.25) is 0 Å². The molecule has 1 N–H and O–H groups in total. The van der Waals surface area contributed by atoms with Gasteiger partial charge in [0.15, 0.2) is 0 Å². The second-order valence-corrected chi connectivity index (χ2v) is 4.39. The molecule has 2 aromatic rings. The van der Waals surface area contributed by atoms with Crippen LogP contribution in [0.1, 0.15) is 11.4 Å². The maximum atomic E-state index is 9.88. The summed E-state index contributed by atoms with van der Waals surface area (Å²) in [5.41, 5.74) is 2.85. The smallest absolute Gasteiger partial charge is 0.122 e. The van der Waals surface area contributed by atoms with E-state index >= 15 is 0 Å². The number of phenols is 1. The number of fused-ring (bicyclic) bond motifs is 1. The molecule has 0 aliphatic rings. The molecule has 1 aromatic carbocycles. The Morgan fingerprint density at radius 2 is 2.06 bits per heavy atom. The maximum Gasteiger partial charge on any atom is 0.122 e. The molecule has 0 amide bonds. The van der Waals surface area contributed by atoms with Gasteiger partial charge in [-0.3, -0.25) is 0 Å². The molecule has 0 aliphatic heterocycles. The highest BCUT2D eigenvalue weighted by Crippen LogP contribution is 2.27. The first kappa shape index (κ1) is 11.0. The van der Waals surface area contributed by atoms with Crippen LogP contribution in [0.4, 0.5) is 0 Å². The van der Waals surface area contributed by atoms with Gasteiger partial charge in [-0.25, -0.2) is 4.98 Å². The normalized spacial score (nSPS) is 11.6. The predicted molar refractivity (Wildman–Crippen MR) is 64.5 cm³/mol. The number of hydrogen-bond donors (Lipinski definition) is 1. The van der Waals surface area contributed by atoms with E-state index in [0.29, 0.717) is 12.3 Å². The van der Waals surface area contributed by atoms with Crippen molar-refractivity contribution in [2.24, 2.45) is 7.05 Å². The highest BCUT2D eigenvalue weighted by Gasteiger charge is 2.13. The summed E-state index contributed by atoms with van der Waals surface area (Å²) in [6.07, 6.45) is 0. The summed E-state index contributed by atoms with van der Waals surface area (Å²) in [6.45, 7) is 2.66. The molecule has 0 saturated carbocycles. The van der Waals surface area contributed by atoms with Crippen molar-refractivity contribution in [3.8, 4) is 5.75 Å². The third-order valence-electron chi connectivity index (χ3n) is 2.83. The first-order valence-electron chi connectivity index (χ1n) is 5.29. The lowest BCUT2D eigenvalue weighted by Crippen LogP contribution is -2.11. The molecule has 16 heavy (non-hydrogen) atoms. The molecule has 86 valence electrons. The van der Waals surface area contributed by atoms with Crippen molar-refractivity contribution in [2.75, 3.05) is 14.1 Å². The van der Waals surface area contributed by atoms with Crippen LogP contribution in [0.3, 0.4) is 0 Å². The average molecular weight is 219 g/mol. The summed E-state index contributed by atoms with van der Waals surface area (Å²) in [7, 11) is 5.95. The Hall–Kier alpha value is -1.55. The molecule has 0 unspecified atom stereocenters. The van der Waals surface area contributed by atoms with E-state index < -0.39 is 0 Å². The van der Waals surface area contributed by atoms with Crippen LogP contribution in [0.5, 0.6) is 5.75 Å². The number of aromatic hydroxyl groups is 1. The number of phenolic OH excluding ortho intramolecular Hbond substituents is 1. The first-order valence-corrected chi connectivity index (χ1v) is 5.29. The number of nitrogens with zero attached hydrogens (tertiary/aromatic N) is 3. The summed E-state index contributed by atoms with van der Waals surface area (Å²) in [5, 5.41) is 9.88. The van der Waals surface area contributed by atoms with Gasteiger partial charge in [0.1, 0.15) is 11.6 Å².